The summed E-state index contributed by atoms with van der Waals surface area (Å²) in [6.45, 7) is 5.67. The van der Waals surface area contributed by atoms with Crippen LogP contribution in [0.5, 0.6) is 5.75 Å². The zero-order valence-corrected chi connectivity index (χ0v) is 9.12. The average Bonchev–Trinajstić information content (AvgIpc) is 2.16. The quantitative estimate of drug-likeness (QED) is 0.717. The molecule has 0 heterocycles. The van der Waals surface area contributed by atoms with Gasteiger partial charge in [-0.2, -0.15) is 0 Å². The first-order valence-electron chi connectivity index (χ1n) is 4.93. The Balaban J connectivity index is 2.54. The van der Waals surface area contributed by atoms with Crippen LogP contribution < -0.4 is 4.74 Å². The maximum atomic E-state index is 5.60. The first-order valence-corrected chi connectivity index (χ1v) is 4.93. The van der Waals surface area contributed by atoms with Gasteiger partial charge in [0.1, 0.15) is 5.75 Å². The molecule has 0 aliphatic heterocycles. The first kappa shape index (κ1) is 11.1. The molecule has 0 spiro atoms. The highest BCUT2D eigenvalue weighted by Crippen LogP contribution is 2.14. The van der Waals surface area contributed by atoms with E-state index < -0.39 is 0 Å². The molecule has 78 valence electrons. The fraction of sp³-hybridized carbons (Fsp3) is 0.500. The molecule has 0 fully saturated rings. The van der Waals surface area contributed by atoms with E-state index in [1.54, 1.807) is 7.11 Å². The summed E-state index contributed by atoms with van der Waals surface area (Å²) in [5.41, 5.74) is 1.15. The Labute approximate surface area is 85.8 Å². The highest BCUT2D eigenvalue weighted by molar-refractivity contribution is 5.28. The zero-order chi connectivity index (χ0) is 10.4. The number of rotatable bonds is 5. The van der Waals surface area contributed by atoms with Gasteiger partial charge in [0.15, 0.2) is 0 Å². The molecule has 1 rings (SSSR count). The summed E-state index contributed by atoms with van der Waals surface area (Å²) in [6, 6.07) is 8.02. The van der Waals surface area contributed by atoms with Crippen LogP contribution in [0.2, 0.25) is 0 Å². The molecule has 0 bridgehead atoms. The lowest BCUT2D eigenvalue weighted by Crippen LogP contribution is -2.04. The summed E-state index contributed by atoms with van der Waals surface area (Å²) in [7, 11) is 1.70. The van der Waals surface area contributed by atoms with E-state index in [0.717, 1.165) is 17.9 Å². The van der Waals surface area contributed by atoms with Crippen molar-refractivity contribution >= 4 is 0 Å². The minimum Gasteiger partial charge on any atom is -0.493 e. The van der Waals surface area contributed by atoms with Gasteiger partial charge < -0.3 is 9.47 Å². The zero-order valence-electron chi connectivity index (χ0n) is 9.12. The number of hydrogen-bond donors (Lipinski definition) is 0. The van der Waals surface area contributed by atoms with Gasteiger partial charge >= 0.3 is 0 Å². The number of methoxy groups -OCH3 is 1. The molecule has 0 saturated heterocycles. The van der Waals surface area contributed by atoms with E-state index in [1.165, 1.54) is 0 Å². The number of ether oxygens (including phenoxy) is 2. The third-order valence-corrected chi connectivity index (χ3v) is 1.79. The van der Waals surface area contributed by atoms with Crippen LogP contribution in [0.4, 0.5) is 0 Å². The van der Waals surface area contributed by atoms with E-state index in [1.807, 2.05) is 24.3 Å². The summed E-state index contributed by atoms with van der Waals surface area (Å²) in [6.07, 6.45) is 0. The summed E-state index contributed by atoms with van der Waals surface area (Å²) in [4.78, 5) is 0. The molecule has 0 saturated carbocycles. The van der Waals surface area contributed by atoms with Crippen LogP contribution >= 0.6 is 0 Å². The minimum atomic E-state index is 0.557. The highest BCUT2D eigenvalue weighted by atomic mass is 16.5. The second-order valence-corrected chi connectivity index (χ2v) is 3.79. The Kier molecular flexibility index (Phi) is 4.47. The van der Waals surface area contributed by atoms with Gasteiger partial charge in [-0.15, -0.1) is 0 Å². The monoisotopic (exact) mass is 194 g/mol. The van der Waals surface area contributed by atoms with Gasteiger partial charge in [0.05, 0.1) is 13.2 Å². The molecule has 0 unspecified atom stereocenters. The SMILES string of the molecule is COCc1cccc(OCC(C)C)c1. The summed E-state index contributed by atoms with van der Waals surface area (Å²) < 4.78 is 10.7. The normalized spacial score (nSPS) is 10.6. The Hall–Kier alpha value is -1.02. The van der Waals surface area contributed by atoms with E-state index in [4.69, 9.17) is 9.47 Å². The molecule has 1 aromatic rings. The third kappa shape index (κ3) is 3.79. The lowest BCUT2D eigenvalue weighted by Gasteiger charge is -2.09. The predicted molar refractivity (Wildman–Crippen MR) is 57.5 cm³/mol. The Morgan fingerprint density at radius 3 is 2.71 bits per heavy atom. The average molecular weight is 194 g/mol. The molecule has 14 heavy (non-hydrogen) atoms. The summed E-state index contributed by atoms with van der Waals surface area (Å²) >= 11 is 0. The van der Waals surface area contributed by atoms with E-state index in [0.29, 0.717) is 12.5 Å². The lowest BCUT2D eigenvalue weighted by molar-refractivity contribution is 0.184. The van der Waals surface area contributed by atoms with E-state index in [9.17, 15) is 0 Å². The van der Waals surface area contributed by atoms with Crippen molar-refractivity contribution in [3.8, 4) is 5.75 Å². The fourth-order valence-electron chi connectivity index (χ4n) is 1.15. The second kappa shape index (κ2) is 5.66. The van der Waals surface area contributed by atoms with Crippen molar-refractivity contribution in [2.24, 2.45) is 5.92 Å². The molecular formula is C12H18O2. The van der Waals surface area contributed by atoms with E-state index in [2.05, 4.69) is 13.8 Å². The van der Waals surface area contributed by atoms with E-state index in [-0.39, 0.29) is 0 Å². The van der Waals surface area contributed by atoms with Crippen LogP contribution in [0.3, 0.4) is 0 Å². The molecule has 0 radical (unpaired) electrons. The van der Waals surface area contributed by atoms with Gasteiger partial charge in [0.25, 0.3) is 0 Å². The molecule has 0 amide bonds. The van der Waals surface area contributed by atoms with Crippen LogP contribution in [0.1, 0.15) is 19.4 Å². The summed E-state index contributed by atoms with van der Waals surface area (Å²) in [5.74, 6) is 1.48. The molecular weight excluding hydrogens is 176 g/mol. The molecule has 0 aliphatic carbocycles. The first-order chi connectivity index (χ1) is 6.72. The Bertz CT molecular complexity index is 269. The van der Waals surface area contributed by atoms with Gasteiger partial charge in [0.2, 0.25) is 0 Å². The van der Waals surface area contributed by atoms with Crippen LogP contribution in [0, 0.1) is 5.92 Å². The largest absolute Gasteiger partial charge is 0.493 e. The lowest BCUT2D eigenvalue weighted by atomic mass is 10.2. The maximum Gasteiger partial charge on any atom is 0.119 e. The van der Waals surface area contributed by atoms with Crippen molar-refractivity contribution in [2.45, 2.75) is 20.5 Å². The molecule has 0 aliphatic rings. The van der Waals surface area contributed by atoms with Gasteiger partial charge in [-0.25, -0.2) is 0 Å². The van der Waals surface area contributed by atoms with Crippen molar-refractivity contribution in [1.29, 1.82) is 0 Å². The highest BCUT2D eigenvalue weighted by Gasteiger charge is 1.98. The van der Waals surface area contributed by atoms with Gasteiger partial charge in [-0.3, -0.25) is 0 Å². The minimum absolute atomic E-state index is 0.557. The van der Waals surface area contributed by atoms with Crippen molar-refractivity contribution < 1.29 is 9.47 Å². The molecule has 1 aromatic carbocycles. The van der Waals surface area contributed by atoms with Crippen LogP contribution in [0.15, 0.2) is 24.3 Å². The second-order valence-electron chi connectivity index (χ2n) is 3.79. The van der Waals surface area contributed by atoms with Crippen LogP contribution in [0.25, 0.3) is 0 Å². The number of hydrogen-bond acceptors (Lipinski definition) is 2. The van der Waals surface area contributed by atoms with Crippen LogP contribution in [-0.2, 0) is 11.3 Å². The standard InChI is InChI=1S/C12H18O2/c1-10(2)8-14-12-6-4-5-11(7-12)9-13-3/h4-7,10H,8-9H2,1-3H3. The predicted octanol–water partition coefficient (Wildman–Crippen LogP) is 2.87. The van der Waals surface area contributed by atoms with Crippen LogP contribution in [-0.4, -0.2) is 13.7 Å². The number of benzene rings is 1. The maximum absolute atomic E-state index is 5.60. The smallest absolute Gasteiger partial charge is 0.119 e. The van der Waals surface area contributed by atoms with Gasteiger partial charge in [0, 0.05) is 7.11 Å². The fourth-order valence-corrected chi connectivity index (χ4v) is 1.15. The summed E-state index contributed by atoms with van der Waals surface area (Å²) in [5, 5.41) is 0. The Morgan fingerprint density at radius 2 is 2.07 bits per heavy atom. The molecule has 2 heteroatoms. The Morgan fingerprint density at radius 1 is 1.29 bits per heavy atom. The van der Waals surface area contributed by atoms with Crippen molar-refractivity contribution in [1.82, 2.24) is 0 Å². The molecule has 0 N–H and O–H groups in total. The van der Waals surface area contributed by atoms with Gasteiger partial charge in [-0.1, -0.05) is 26.0 Å². The van der Waals surface area contributed by atoms with Crippen molar-refractivity contribution in [2.75, 3.05) is 13.7 Å². The molecule has 2 nitrogen and oxygen atoms in total. The van der Waals surface area contributed by atoms with Crippen molar-refractivity contribution in [3.05, 3.63) is 29.8 Å². The molecule has 0 aromatic heterocycles. The topological polar surface area (TPSA) is 18.5 Å². The molecule has 0 atom stereocenters. The third-order valence-electron chi connectivity index (χ3n) is 1.79. The van der Waals surface area contributed by atoms with Crippen molar-refractivity contribution in [3.63, 3.8) is 0 Å². The van der Waals surface area contributed by atoms with Gasteiger partial charge in [-0.05, 0) is 23.6 Å². The van der Waals surface area contributed by atoms with E-state index >= 15 is 0 Å².